The van der Waals surface area contributed by atoms with Crippen LogP contribution in [-0.4, -0.2) is 28.8 Å². The molecule has 1 amide bonds. The van der Waals surface area contributed by atoms with Gasteiger partial charge in [0.2, 0.25) is 5.88 Å². The highest BCUT2D eigenvalue weighted by Gasteiger charge is 2.18. The zero-order chi connectivity index (χ0) is 25.3. The van der Waals surface area contributed by atoms with Gasteiger partial charge in [-0.15, -0.1) is 10.2 Å². The number of fused-ring (bicyclic) bond motifs is 1. The first-order chi connectivity index (χ1) is 17.6. The summed E-state index contributed by atoms with van der Waals surface area (Å²) in [5.41, 5.74) is 2.90. The summed E-state index contributed by atoms with van der Waals surface area (Å²) in [6.45, 7) is 4.86. The van der Waals surface area contributed by atoms with Gasteiger partial charge >= 0.3 is 5.91 Å². The van der Waals surface area contributed by atoms with Crippen molar-refractivity contribution in [1.82, 2.24) is 4.57 Å². The molecule has 7 nitrogen and oxygen atoms in total. The highest BCUT2D eigenvalue weighted by Crippen LogP contribution is 2.39. The van der Waals surface area contributed by atoms with Crippen molar-refractivity contribution in [1.29, 1.82) is 0 Å². The molecule has 1 heterocycles. The largest absolute Gasteiger partial charge is 0.493 e. The van der Waals surface area contributed by atoms with Crippen molar-refractivity contribution in [2.45, 2.75) is 39.7 Å². The molecule has 1 aromatic heterocycles. The lowest BCUT2D eigenvalue weighted by Gasteiger charge is -2.13. The Bertz CT molecular complexity index is 1360. The number of hydrogen-bond donors (Lipinski definition) is 1. The summed E-state index contributed by atoms with van der Waals surface area (Å²) in [5, 5.41) is 19.7. The van der Waals surface area contributed by atoms with Crippen LogP contribution in [0.2, 0.25) is 0 Å². The molecule has 0 aliphatic carbocycles. The van der Waals surface area contributed by atoms with E-state index < -0.39 is 5.91 Å². The summed E-state index contributed by atoms with van der Waals surface area (Å²) in [6.07, 6.45) is 3.25. The van der Waals surface area contributed by atoms with Crippen molar-refractivity contribution in [2.75, 3.05) is 13.2 Å². The quantitative estimate of drug-likeness (QED) is 0.184. The van der Waals surface area contributed by atoms with Crippen LogP contribution in [0.15, 0.2) is 83.0 Å². The Labute approximate surface area is 211 Å². The van der Waals surface area contributed by atoms with Gasteiger partial charge in [0.05, 0.1) is 18.7 Å². The van der Waals surface area contributed by atoms with Gasteiger partial charge in [0.15, 0.2) is 12.3 Å². The van der Waals surface area contributed by atoms with Gasteiger partial charge in [0, 0.05) is 10.9 Å². The minimum Gasteiger partial charge on any atom is -0.493 e. The number of rotatable bonds is 11. The summed E-state index contributed by atoms with van der Waals surface area (Å²) in [6, 6.07) is 22.8. The van der Waals surface area contributed by atoms with Gasteiger partial charge in [-0.25, -0.2) is 0 Å². The molecule has 7 heteroatoms. The van der Waals surface area contributed by atoms with Gasteiger partial charge in [-0.1, -0.05) is 74.4 Å². The topological polar surface area (TPSA) is 85.4 Å². The number of hydrogen-bond acceptors (Lipinski definition) is 5. The third-order valence-corrected chi connectivity index (χ3v) is 5.93. The number of amides is 1. The minimum absolute atomic E-state index is 0.0617. The third kappa shape index (κ3) is 5.92. The maximum absolute atomic E-state index is 12.3. The smallest absolute Gasteiger partial charge is 0.302 e. The molecule has 3 aromatic carbocycles. The predicted octanol–water partition coefficient (Wildman–Crippen LogP) is 6.96. The summed E-state index contributed by atoms with van der Waals surface area (Å²) < 4.78 is 13.3. The molecule has 0 aliphatic rings. The third-order valence-electron chi connectivity index (χ3n) is 5.93. The van der Waals surface area contributed by atoms with Crippen molar-refractivity contribution in [3.63, 3.8) is 0 Å². The second-order valence-electron chi connectivity index (χ2n) is 8.59. The average Bonchev–Trinajstić information content (AvgIpc) is 3.16. The van der Waals surface area contributed by atoms with E-state index in [2.05, 4.69) is 17.2 Å². The molecule has 36 heavy (non-hydrogen) atoms. The van der Waals surface area contributed by atoms with E-state index in [1.165, 1.54) is 0 Å². The normalized spacial score (nSPS) is 11.3. The van der Waals surface area contributed by atoms with Gasteiger partial charge in [-0.2, -0.15) is 0 Å². The molecule has 1 N–H and O–H groups in total. The van der Waals surface area contributed by atoms with E-state index in [9.17, 15) is 9.90 Å². The van der Waals surface area contributed by atoms with Crippen LogP contribution in [0.5, 0.6) is 17.4 Å². The van der Waals surface area contributed by atoms with E-state index in [0.717, 1.165) is 41.7 Å². The molecule has 186 valence electrons. The van der Waals surface area contributed by atoms with Crippen LogP contribution in [0.25, 0.3) is 10.9 Å². The van der Waals surface area contributed by atoms with Crippen LogP contribution in [0.4, 0.5) is 5.69 Å². The summed E-state index contributed by atoms with van der Waals surface area (Å²) in [7, 11) is 0. The summed E-state index contributed by atoms with van der Waals surface area (Å²) in [5.74, 6) is 0.808. The van der Waals surface area contributed by atoms with Crippen molar-refractivity contribution >= 4 is 22.5 Å². The zero-order valence-electron chi connectivity index (χ0n) is 20.7. The number of azo groups is 1. The molecule has 0 saturated carbocycles. The number of carbonyl (C=O) groups is 1. The zero-order valence-corrected chi connectivity index (χ0v) is 20.7. The molecule has 4 aromatic rings. The molecular formula is C29H31N3O4. The number of aryl methyl sites for hydroxylation is 1. The standard InChI is InChI=1S/C29H31N3O4/c1-3-4-11-18-35-26-17-10-6-13-22(26)19-32-24-15-8-7-14-23(24)28(29(32)34)31-30-27(33)20-36-25-16-9-5-12-21(25)2/h5-10,12-17,34H,3-4,11,18-20H2,1-2H3. The van der Waals surface area contributed by atoms with E-state index in [0.29, 0.717) is 24.3 Å². The van der Waals surface area contributed by atoms with Crippen LogP contribution in [0.3, 0.4) is 0 Å². The Kier molecular flexibility index (Phi) is 8.34. The molecule has 0 unspecified atom stereocenters. The molecule has 0 radical (unpaired) electrons. The number of aromatic hydroxyl groups is 1. The lowest BCUT2D eigenvalue weighted by molar-refractivity contribution is -0.120. The maximum Gasteiger partial charge on any atom is 0.302 e. The molecule has 0 fully saturated rings. The first kappa shape index (κ1) is 25.0. The highest BCUT2D eigenvalue weighted by atomic mass is 16.5. The monoisotopic (exact) mass is 485 g/mol. The van der Waals surface area contributed by atoms with Gasteiger partial charge in [0.1, 0.15) is 11.5 Å². The fourth-order valence-corrected chi connectivity index (χ4v) is 4.00. The number of aromatic nitrogens is 1. The summed E-state index contributed by atoms with van der Waals surface area (Å²) in [4.78, 5) is 12.3. The molecular weight excluding hydrogens is 454 g/mol. The van der Waals surface area contributed by atoms with E-state index in [4.69, 9.17) is 9.47 Å². The fourth-order valence-electron chi connectivity index (χ4n) is 4.00. The van der Waals surface area contributed by atoms with E-state index in [1.54, 1.807) is 10.6 Å². The Morgan fingerprint density at radius 2 is 1.64 bits per heavy atom. The molecule has 4 rings (SSSR count). The lowest BCUT2D eigenvalue weighted by atomic mass is 10.2. The molecule has 0 aliphatic heterocycles. The molecule has 0 saturated heterocycles. The Hall–Kier alpha value is -4.13. The van der Waals surface area contributed by atoms with E-state index in [1.807, 2.05) is 73.7 Å². The van der Waals surface area contributed by atoms with Crippen LogP contribution in [0.1, 0.15) is 37.3 Å². The maximum atomic E-state index is 12.3. The number of unbranched alkanes of at least 4 members (excludes halogenated alkanes) is 2. The number of nitrogens with zero attached hydrogens (tertiary/aromatic N) is 3. The van der Waals surface area contributed by atoms with Crippen LogP contribution in [-0.2, 0) is 11.3 Å². The number of para-hydroxylation sites is 3. The van der Waals surface area contributed by atoms with Gasteiger partial charge in [0.25, 0.3) is 0 Å². The van der Waals surface area contributed by atoms with Gasteiger partial charge in [-0.05, 0) is 37.1 Å². The predicted molar refractivity (Wildman–Crippen MR) is 140 cm³/mol. The molecule has 0 atom stereocenters. The number of benzene rings is 3. The van der Waals surface area contributed by atoms with Gasteiger partial charge < -0.3 is 19.1 Å². The SMILES string of the molecule is CCCCCOc1ccccc1Cn1c(O)c(N=NC(=O)COc2ccccc2C)c2ccccc21. The lowest BCUT2D eigenvalue weighted by Crippen LogP contribution is -2.08. The minimum atomic E-state index is -0.541. The second-order valence-corrected chi connectivity index (χ2v) is 8.59. The van der Waals surface area contributed by atoms with Crippen LogP contribution >= 0.6 is 0 Å². The highest BCUT2D eigenvalue weighted by molar-refractivity contribution is 5.95. The number of ether oxygens (including phenoxy) is 2. The van der Waals surface area contributed by atoms with E-state index in [-0.39, 0.29) is 18.2 Å². The van der Waals surface area contributed by atoms with Crippen molar-refractivity contribution in [2.24, 2.45) is 10.2 Å². The van der Waals surface area contributed by atoms with E-state index >= 15 is 0 Å². The fraction of sp³-hybridized carbons (Fsp3) is 0.276. The van der Waals surface area contributed by atoms with Crippen molar-refractivity contribution in [3.8, 4) is 17.4 Å². The molecule has 0 spiro atoms. The first-order valence-corrected chi connectivity index (χ1v) is 12.2. The molecule has 0 bridgehead atoms. The number of carbonyl (C=O) groups excluding carboxylic acids is 1. The first-order valence-electron chi connectivity index (χ1n) is 12.2. The Balaban J connectivity index is 1.55. The van der Waals surface area contributed by atoms with Crippen molar-refractivity contribution < 1.29 is 19.4 Å². The van der Waals surface area contributed by atoms with Crippen LogP contribution < -0.4 is 9.47 Å². The van der Waals surface area contributed by atoms with Crippen molar-refractivity contribution in [3.05, 3.63) is 83.9 Å². The second kappa shape index (κ2) is 12.0. The summed E-state index contributed by atoms with van der Waals surface area (Å²) >= 11 is 0. The van der Waals surface area contributed by atoms with Gasteiger partial charge in [-0.3, -0.25) is 4.79 Å². The van der Waals surface area contributed by atoms with Crippen LogP contribution in [0, 0.1) is 6.92 Å². The Morgan fingerprint density at radius 3 is 2.44 bits per heavy atom. The average molecular weight is 486 g/mol. The Morgan fingerprint density at radius 1 is 0.917 bits per heavy atom.